The molecule has 0 amide bonds. The number of carbonyl (C=O) groups is 1. The van der Waals surface area contributed by atoms with Gasteiger partial charge in [0.1, 0.15) is 0 Å². The summed E-state index contributed by atoms with van der Waals surface area (Å²) in [5.74, 6) is -4.45. The normalized spacial score (nSPS) is 17.4. The maximum Gasteiger partial charge on any atom is 0.303 e. The fourth-order valence-electron chi connectivity index (χ4n) is 2.55. The van der Waals surface area contributed by atoms with Crippen LogP contribution in [0.5, 0.6) is 0 Å². The standard InChI is InChI=1S/C14H16F3NO2/c15-11-5-10(6-12(16)14(11)17)8-18-3-1-9(2-4-18)7-13(19)20/h5-6,9H,1-4,7-8H2,(H,19,20). The molecule has 0 spiro atoms. The molecular formula is C14H16F3NO2. The first-order valence-electron chi connectivity index (χ1n) is 6.53. The van der Waals surface area contributed by atoms with Crippen molar-refractivity contribution >= 4 is 5.97 Å². The first-order valence-corrected chi connectivity index (χ1v) is 6.53. The average molecular weight is 287 g/mol. The van der Waals surface area contributed by atoms with Crippen molar-refractivity contribution in [2.75, 3.05) is 13.1 Å². The molecule has 1 heterocycles. The quantitative estimate of drug-likeness (QED) is 0.866. The Bertz CT molecular complexity index is 476. The molecule has 6 heteroatoms. The highest BCUT2D eigenvalue weighted by Crippen LogP contribution is 2.22. The Kier molecular flexibility index (Phi) is 4.65. The van der Waals surface area contributed by atoms with Crippen molar-refractivity contribution in [3.63, 3.8) is 0 Å². The molecule has 2 rings (SSSR count). The Hall–Kier alpha value is -1.56. The molecule has 1 aromatic rings. The largest absolute Gasteiger partial charge is 0.481 e. The smallest absolute Gasteiger partial charge is 0.303 e. The number of nitrogens with zero attached hydrogens (tertiary/aromatic N) is 1. The van der Waals surface area contributed by atoms with Crippen LogP contribution in [-0.2, 0) is 11.3 Å². The number of benzene rings is 1. The minimum absolute atomic E-state index is 0.158. The summed E-state index contributed by atoms with van der Waals surface area (Å²) in [6, 6.07) is 2.00. The molecule has 1 aliphatic rings. The van der Waals surface area contributed by atoms with Crippen LogP contribution in [0.15, 0.2) is 12.1 Å². The highest BCUT2D eigenvalue weighted by Gasteiger charge is 2.22. The highest BCUT2D eigenvalue weighted by atomic mass is 19.2. The zero-order valence-corrected chi connectivity index (χ0v) is 10.9. The van der Waals surface area contributed by atoms with Gasteiger partial charge in [-0.25, -0.2) is 13.2 Å². The van der Waals surface area contributed by atoms with Crippen LogP contribution in [0.4, 0.5) is 13.2 Å². The number of piperidine rings is 1. The van der Waals surface area contributed by atoms with Gasteiger partial charge in [0.05, 0.1) is 0 Å². The fourth-order valence-corrected chi connectivity index (χ4v) is 2.55. The predicted octanol–water partition coefficient (Wildman–Crippen LogP) is 2.79. The first-order chi connectivity index (χ1) is 9.45. The van der Waals surface area contributed by atoms with Gasteiger partial charge in [0.2, 0.25) is 0 Å². The summed E-state index contributed by atoms with van der Waals surface area (Å²) in [5.41, 5.74) is 0.387. The Labute approximate surface area is 115 Å². The van der Waals surface area contributed by atoms with Gasteiger partial charge in [-0.2, -0.15) is 0 Å². The molecule has 0 bridgehead atoms. The predicted molar refractivity (Wildman–Crippen MR) is 66.6 cm³/mol. The lowest BCUT2D eigenvalue weighted by atomic mass is 9.93. The number of hydrogen-bond donors (Lipinski definition) is 1. The van der Waals surface area contributed by atoms with Gasteiger partial charge in [0.15, 0.2) is 17.5 Å². The highest BCUT2D eigenvalue weighted by molar-refractivity contribution is 5.67. The lowest BCUT2D eigenvalue weighted by Gasteiger charge is -2.31. The van der Waals surface area contributed by atoms with Crippen LogP contribution in [0, 0.1) is 23.4 Å². The van der Waals surface area contributed by atoms with Crippen LogP contribution in [0.1, 0.15) is 24.8 Å². The van der Waals surface area contributed by atoms with Crippen LogP contribution in [-0.4, -0.2) is 29.1 Å². The van der Waals surface area contributed by atoms with E-state index in [4.69, 9.17) is 5.11 Å². The fraction of sp³-hybridized carbons (Fsp3) is 0.500. The SMILES string of the molecule is O=C(O)CC1CCN(Cc2cc(F)c(F)c(F)c2)CC1. The van der Waals surface area contributed by atoms with Crippen molar-refractivity contribution in [1.29, 1.82) is 0 Å². The third kappa shape index (κ3) is 3.72. The molecule has 0 unspecified atom stereocenters. The Morgan fingerprint density at radius 2 is 1.75 bits per heavy atom. The van der Waals surface area contributed by atoms with E-state index < -0.39 is 23.4 Å². The summed E-state index contributed by atoms with van der Waals surface area (Å²) in [4.78, 5) is 12.6. The van der Waals surface area contributed by atoms with Crippen LogP contribution in [0.3, 0.4) is 0 Å². The van der Waals surface area contributed by atoms with Gasteiger partial charge in [-0.05, 0) is 49.5 Å². The molecule has 1 aromatic carbocycles. The van der Waals surface area contributed by atoms with E-state index in [1.807, 2.05) is 4.90 Å². The van der Waals surface area contributed by atoms with Crippen LogP contribution in [0.25, 0.3) is 0 Å². The summed E-state index contributed by atoms with van der Waals surface area (Å²) in [6.45, 7) is 1.70. The van der Waals surface area contributed by atoms with Crippen molar-refractivity contribution in [2.24, 2.45) is 5.92 Å². The maximum absolute atomic E-state index is 13.1. The average Bonchev–Trinajstić information content (AvgIpc) is 2.37. The second kappa shape index (κ2) is 6.26. The van der Waals surface area contributed by atoms with Crippen molar-refractivity contribution in [1.82, 2.24) is 4.90 Å². The lowest BCUT2D eigenvalue weighted by Crippen LogP contribution is -2.34. The number of carboxylic acid groups (broad SMARTS) is 1. The van der Waals surface area contributed by atoms with Crippen molar-refractivity contribution < 1.29 is 23.1 Å². The number of rotatable bonds is 4. The van der Waals surface area contributed by atoms with E-state index in [1.165, 1.54) is 0 Å². The molecule has 20 heavy (non-hydrogen) atoms. The monoisotopic (exact) mass is 287 g/mol. The third-order valence-corrected chi connectivity index (χ3v) is 3.62. The molecule has 110 valence electrons. The van der Waals surface area contributed by atoms with Crippen molar-refractivity contribution in [2.45, 2.75) is 25.8 Å². The van der Waals surface area contributed by atoms with Gasteiger partial charge in [-0.15, -0.1) is 0 Å². The summed E-state index contributed by atoms with van der Waals surface area (Å²) in [7, 11) is 0. The second-order valence-corrected chi connectivity index (χ2v) is 5.19. The molecular weight excluding hydrogens is 271 g/mol. The number of carboxylic acids is 1. The van der Waals surface area contributed by atoms with Gasteiger partial charge < -0.3 is 5.11 Å². The third-order valence-electron chi connectivity index (χ3n) is 3.62. The minimum Gasteiger partial charge on any atom is -0.481 e. The summed E-state index contributed by atoms with van der Waals surface area (Å²) < 4.78 is 39.0. The molecule has 0 saturated carbocycles. The molecule has 0 radical (unpaired) electrons. The molecule has 1 aliphatic heterocycles. The van der Waals surface area contributed by atoms with E-state index in [2.05, 4.69) is 0 Å². The van der Waals surface area contributed by atoms with Gasteiger partial charge in [-0.3, -0.25) is 9.69 Å². The summed E-state index contributed by atoms with van der Waals surface area (Å²) in [5, 5.41) is 8.72. The van der Waals surface area contributed by atoms with Crippen LogP contribution in [0.2, 0.25) is 0 Å². The minimum atomic E-state index is -1.45. The van der Waals surface area contributed by atoms with E-state index in [9.17, 15) is 18.0 Å². The lowest BCUT2D eigenvalue weighted by molar-refractivity contribution is -0.138. The summed E-state index contributed by atoms with van der Waals surface area (Å²) in [6.07, 6.45) is 1.66. The maximum atomic E-state index is 13.1. The van der Waals surface area contributed by atoms with E-state index >= 15 is 0 Å². The number of halogens is 3. The number of likely N-dealkylation sites (tertiary alicyclic amines) is 1. The van der Waals surface area contributed by atoms with Gasteiger partial charge in [0.25, 0.3) is 0 Å². The van der Waals surface area contributed by atoms with E-state index in [-0.39, 0.29) is 12.3 Å². The first kappa shape index (κ1) is 14.8. The zero-order valence-electron chi connectivity index (χ0n) is 10.9. The molecule has 0 aliphatic carbocycles. The van der Waals surface area contributed by atoms with E-state index in [1.54, 1.807) is 0 Å². The van der Waals surface area contributed by atoms with E-state index in [0.29, 0.717) is 25.2 Å². The van der Waals surface area contributed by atoms with Crippen molar-refractivity contribution in [3.05, 3.63) is 35.1 Å². The zero-order chi connectivity index (χ0) is 14.7. The Morgan fingerprint density at radius 3 is 2.25 bits per heavy atom. The van der Waals surface area contributed by atoms with Crippen LogP contribution < -0.4 is 0 Å². The number of hydrogen-bond acceptors (Lipinski definition) is 2. The molecule has 3 nitrogen and oxygen atoms in total. The topological polar surface area (TPSA) is 40.5 Å². The number of aliphatic carboxylic acids is 1. The Morgan fingerprint density at radius 1 is 1.20 bits per heavy atom. The summed E-state index contributed by atoms with van der Waals surface area (Å²) >= 11 is 0. The molecule has 1 fully saturated rings. The van der Waals surface area contributed by atoms with Gasteiger partial charge >= 0.3 is 5.97 Å². The molecule has 1 saturated heterocycles. The van der Waals surface area contributed by atoms with E-state index in [0.717, 1.165) is 25.0 Å². The molecule has 0 atom stereocenters. The van der Waals surface area contributed by atoms with Crippen molar-refractivity contribution in [3.8, 4) is 0 Å². The van der Waals surface area contributed by atoms with Gasteiger partial charge in [-0.1, -0.05) is 0 Å². The Balaban J connectivity index is 1.91. The molecule has 1 N–H and O–H groups in total. The van der Waals surface area contributed by atoms with Gasteiger partial charge in [0, 0.05) is 13.0 Å². The van der Waals surface area contributed by atoms with Crippen LogP contribution >= 0.6 is 0 Å². The second-order valence-electron chi connectivity index (χ2n) is 5.19. The molecule has 0 aromatic heterocycles.